The van der Waals surface area contributed by atoms with E-state index in [-0.39, 0.29) is 36.1 Å². The largest absolute Gasteiger partial charge is 0.497 e. The maximum Gasteiger partial charge on any atom is 0.293 e. The molecule has 3 amide bonds. The maximum absolute atomic E-state index is 13.0. The van der Waals surface area contributed by atoms with Crippen LogP contribution in [0, 0.1) is 5.82 Å². The zero-order chi connectivity index (χ0) is 20.8. The van der Waals surface area contributed by atoms with Crippen LogP contribution in [0.25, 0.3) is 6.08 Å². The predicted molar refractivity (Wildman–Crippen MR) is 109 cm³/mol. The van der Waals surface area contributed by atoms with E-state index in [0.717, 1.165) is 22.2 Å². The van der Waals surface area contributed by atoms with Crippen LogP contribution in [0.1, 0.15) is 11.1 Å². The number of carbonyl (C=O) groups excluding carboxylic acids is 3. The molecule has 29 heavy (non-hydrogen) atoms. The van der Waals surface area contributed by atoms with Crippen LogP contribution in [0.2, 0.25) is 0 Å². The molecule has 1 N–H and O–H groups in total. The highest BCUT2D eigenvalue weighted by molar-refractivity contribution is 8.18. The van der Waals surface area contributed by atoms with Gasteiger partial charge < -0.3 is 10.1 Å². The monoisotopic (exact) mass is 414 g/mol. The minimum atomic E-state index is -0.422. The number of thioether (sulfide) groups is 1. The van der Waals surface area contributed by atoms with Crippen LogP contribution in [0.5, 0.6) is 5.75 Å². The quantitative estimate of drug-likeness (QED) is 0.704. The third kappa shape index (κ3) is 5.45. The average molecular weight is 414 g/mol. The average Bonchev–Trinajstić information content (AvgIpc) is 2.97. The third-order valence-corrected chi connectivity index (χ3v) is 5.13. The van der Waals surface area contributed by atoms with Crippen molar-refractivity contribution in [2.24, 2.45) is 0 Å². The van der Waals surface area contributed by atoms with Gasteiger partial charge >= 0.3 is 0 Å². The first-order valence-corrected chi connectivity index (χ1v) is 9.68. The maximum atomic E-state index is 13.0. The molecule has 3 rings (SSSR count). The SMILES string of the molecule is COc1ccc(CC(=O)NCCN2C(=O)S/C(=C\c3ccc(F)cc3)C2=O)cc1. The minimum Gasteiger partial charge on any atom is -0.497 e. The lowest BCUT2D eigenvalue weighted by atomic mass is 10.1. The Morgan fingerprint density at radius 1 is 1.14 bits per heavy atom. The van der Waals surface area contributed by atoms with Crippen molar-refractivity contribution in [3.8, 4) is 5.75 Å². The van der Waals surface area contributed by atoms with Crippen LogP contribution in [0.4, 0.5) is 9.18 Å². The van der Waals surface area contributed by atoms with Crippen LogP contribution < -0.4 is 10.1 Å². The number of nitrogens with one attached hydrogen (secondary N) is 1. The van der Waals surface area contributed by atoms with Crippen LogP contribution in [0.3, 0.4) is 0 Å². The van der Waals surface area contributed by atoms with E-state index in [1.54, 1.807) is 37.5 Å². The highest BCUT2D eigenvalue weighted by Crippen LogP contribution is 2.31. The van der Waals surface area contributed by atoms with Gasteiger partial charge in [-0.2, -0.15) is 0 Å². The first-order chi connectivity index (χ1) is 14.0. The molecule has 0 aromatic heterocycles. The van der Waals surface area contributed by atoms with Gasteiger partial charge in [-0.3, -0.25) is 19.3 Å². The van der Waals surface area contributed by atoms with Crippen molar-refractivity contribution in [3.63, 3.8) is 0 Å². The van der Waals surface area contributed by atoms with E-state index in [1.807, 2.05) is 0 Å². The lowest BCUT2D eigenvalue weighted by Gasteiger charge is -2.13. The lowest BCUT2D eigenvalue weighted by Crippen LogP contribution is -2.37. The Morgan fingerprint density at radius 2 is 1.83 bits per heavy atom. The Balaban J connectivity index is 1.51. The summed E-state index contributed by atoms with van der Waals surface area (Å²) in [4.78, 5) is 38.0. The molecule has 1 heterocycles. The molecule has 0 unspecified atom stereocenters. The van der Waals surface area contributed by atoms with Crippen molar-refractivity contribution in [2.45, 2.75) is 6.42 Å². The van der Waals surface area contributed by atoms with Crippen LogP contribution in [0.15, 0.2) is 53.4 Å². The van der Waals surface area contributed by atoms with Gasteiger partial charge in [-0.25, -0.2) is 4.39 Å². The second-order valence-electron chi connectivity index (χ2n) is 6.26. The molecule has 0 spiro atoms. The van der Waals surface area contributed by atoms with E-state index in [2.05, 4.69) is 5.32 Å². The first kappa shape index (κ1) is 20.6. The van der Waals surface area contributed by atoms with Gasteiger partial charge in [-0.05, 0) is 53.2 Å². The van der Waals surface area contributed by atoms with Crippen LogP contribution in [-0.2, 0) is 16.0 Å². The molecule has 0 atom stereocenters. The molecule has 150 valence electrons. The molecule has 2 aromatic rings. The van der Waals surface area contributed by atoms with E-state index in [0.29, 0.717) is 11.3 Å². The van der Waals surface area contributed by atoms with Crippen LogP contribution in [-0.4, -0.2) is 42.2 Å². The lowest BCUT2D eigenvalue weighted by molar-refractivity contribution is -0.124. The van der Waals surface area contributed by atoms with Crippen molar-refractivity contribution in [1.29, 1.82) is 0 Å². The molecule has 1 fully saturated rings. The molecular formula is C21H19FN2O4S. The van der Waals surface area contributed by atoms with Gasteiger partial charge in [-0.1, -0.05) is 24.3 Å². The Morgan fingerprint density at radius 3 is 2.48 bits per heavy atom. The number of methoxy groups -OCH3 is 1. The Labute approximate surface area is 171 Å². The van der Waals surface area contributed by atoms with Crippen molar-refractivity contribution >= 4 is 34.9 Å². The van der Waals surface area contributed by atoms with E-state index in [1.165, 1.54) is 24.3 Å². The fourth-order valence-electron chi connectivity index (χ4n) is 2.70. The normalized spacial score (nSPS) is 15.1. The van der Waals surface area contributed by atoms with E-state index < -0.39 is 11.1 Å². The van der Waals surface area contributed by atoms with Crippen molar-refractivity contribution in [2.75, 3.05) is 20.2 Å². The van der Waals surface area contributed by atoms with Gasteiger partial charge in [0.25, 0.3) is 11.1 Å². The number of benzene rings is 2. The predicted octanol–water partition coefficient (Wildman–Crippen LogP) is 3.23. The third-order valence-electron chi connectivity index (χ3n) is 4.22. The Bertz CT molecular complexity index is 942. The standard InChI is InChI=1S/C21H19FN2O4S/c1-28-17-8-4-15(5-9-17)13-19(25)23-10-11-24-20(26)18(29-21(24)27)12-14-2-6-16(22)7-3-14/h2-9,12H,10-11,13H2,1H3,(H,23,25)/b18-12-. The molecule has 0 bridgehead atoms. The number of imide groups is 1. The zero-order valence-corrected chi connectivity index (χ0v) is 16.5. The molecule has 1 aliphatic rings. The summed E-state index contributed by atoms with van der Waals surface area (Å²) < 4.78 is 18.1. The summed E-state index contributed by atoms with van der Waals surface area (Å²) >= 11 is 0.826. The van der Waals surface area contributed by atoms with E-state index in [9.17, 15) is 18.8 Å². The number of hydrogen-bond donors (Lipinski definition) is 1. The molecule has 0 saturated carbocycles. The Kier molecular flexibility index (Phi) is 6.66. The summed E-state index contributed by atoms with van der Waals surface area (Å²) in [7, 11) is 1.57. The van der Waals surface area contributed by atoms with Gasteiger partial charge in [0, 0.05) is 13.1 Å². The second-order valence-corrected chi connectivity index (χ2v) is 7.25. The molecule has 0 aliphatic carbocycles. The van der Waals surface area contributed by atoms with Crippen molar-refractivity contribution in [1.82, 2.24) is 10.2 Å². The van der Waals surface area contributed by atoms with E-state index in [4.69, 9.17) is 4.74 Å². The smallest absolute Gasteiger partial charge is 0.293 e. The number of rotatable bonds is 7. The number of hydrogen-bond acceptors (Lipinski definition) is 5. The highest BCUT2D eigenvalue weighted by atomic mass is 32.2. The van der Waals surface area contributed by atoms with Gasteiger partial charge in [-0.15, -0.1) is 0 Å². The molecular weight excluding hydrogens is 395 g/mol. The van der Waals surface area contributed by atoms with E-state index >= 15 is 0 Å². The molecule has 6 nitrogen and oxygen atoms in total. The molecule has 1 aliphatic heterocycles. The highest BCUT2D eigenvalue weighted by Gasteiger charge is 2.34. The fourth-order valence-corrected chi connectivity index (χ4v) is 3.57. The van der Waals surface area contributed by atoms with Gasteiger partial charge in [0.1, 0.15) is 11.6 Å². The second kappa shape index (κ2) is 9.38. The summed E-state index contributed by atoms with van der Waals surface area (Å²) in [5, 5.41) is 2.32. The molecule has 2 aromatic carbocycles. The van der Waals surface area contributed by atoms with Crippen molar-refractivity contribution in [3.05, 3.63) is 70.4 Å². The number of amides is 3. The zero-order valence-electron chi connectivity index (χ0n) is 15.7. The summed E-state index contributed by atoms with van der Waals surface area (Å²) in [6.45, 7) is 0.247. The first-order valence-electron chi connectivity index (χ1n) is 8.87. The number of halogens is 1. The fraction of sp³-hybridized carbons (Fsp3) is 0.190. The van der Waals surface area contributed by atoms with Gasteiger partial charge in [0.05, 0.1) is 18.4 Å². The molecule has 0 radical (unpaired) electrons. The van der Waals surface area contributed by atoms with Gasteiger partial charge in [0.15, 0.2) is 0 Å². The summed E-state index contributed by atoms with van der Waals surface area (Å²) in [6.07, 6.45) is 1.74. The summed E-state index contributed by atoms with van der Waals surface area (Å²) in [5.74, 6) is -0.291. The van der Waals surface area contributed by atoms with Crippen LogP contribution >= 0.6 is 11.8 Å². The van der Waals surface area contributed by atoms with Gasteiger partial charge in [0.2, 0.25) is 5.91 Å². The number of carbonyl (C=O) groups is 3. The Hall–Kier alpha value is -3.13. The number of nitrogens with zero attached hydrogens (tertiary/aromatic N) is 1. The summed E-state index contributed by atoms with van der Waals surface area (Å²) in [6, 6.07) is 12.8. The topological polar surface area (TPSA) is 75.7 Å². The minimum absolute atomic E-state index is 0.0831. The molecule has 1 saturated heterocycles. The molecule has 8 heteroatoms. The number of ether oxygens (including phenoxy) is 1. The van der Waals surface area contributed by atoms with Crippen molar-refractivity contribution < 1.29 is 23.5 Å². The summed E-state index contributed by atoms with van der Waals surface area (Å²) in [5.41, 5.74) is 1.46.